The average molecular weight is 258 g/mol. The monoisotopic (exact) mass is 258 g/mol. The largest absolute Gasteiger partial charge is 0.355 e. The quantitative estimate of drug-likeness (QED) is 0.710. The summed E-state index contributed by atoms with van der Waals surface area (Å²) in [6.45, 7) is 1.92. The molecule has 1 saturated carbocycles. The molecule has 1 aliphatic rings. The molecule has 100 valence electrons. The molecule has 0 spiro atoms. The van der Waals surface area contributed by atoms with Crippen LogP contribution in [0.25, 0.3) is 0 Å². The molecule has 4 heteroatoms. The molecule has 0 aliphatic heterocycles. The van der Waals surface area contributed by atoms with Gasteiger partial charge in [0.1, 0.15) is 0 Å². The van der Waals surface area contributed by atoms with Crippen LogP contribution in [0.5, 0.6) is 0 Å². The standard InChI is InChI=1S/C13H26N2OS/c1-15(12-7-4-3-5-8-12)10-6-9-14-13(16)11-17-2/h12H,3-11H2,1-2H3,(H,14,16). The van der Waals surface area contributed by atoms with E-state index in [1.54, 1.807) is 11.8 Å². The third kappa shape index (κ3) is 6.32. The zero-order valence-corrected chi connectivity index (χ0v) is 12.0. The Morgan fingerprint density at radius 2 is 2.06 bits per heavy atom. The number of hydrogen-bond acceptors (Lipinski definition) is 3. The van der Waals surface area contributed by atoms with Gasteiger partial charge in [0.15, 0.2) is 0 Å². The molecule has 0 unspecified atom stereocenters. The molecular weight excluding hydrogens is 232 g/mol. The Hall–Kier alpha value is -0.220. The second-order valence-corrected chi connectivity index (χ2v) is 5.77. The SMILES string of the molecule is CSCC(=O)NCCCN(C)C1CCCCC1. The highest BCUT2D eigenvalue weighted by molar-refractivity contribution is 7.99. The van der Waals surface area contributed by atoms with Crippen molar-refractivity contribution in [3.8, 4) is 0 Å². The molecule has 0 atom stereocenters. The Kier molecular flexibility index (Phi) is 7.69. The van der Waals surface area contributed by atoms with Crippen LogP contribution in [0.2, 0.25) is 0 Å². The van der Waals surface area contributed by atoms with E-state index in [9.17, 15) is 4.79 Å². The van der Waals surface area contributed by atoms with Gasteiger partial charge in [-0.15, -0.1) is 0 Å². The molecule has 0 aromatic heterocycles. The Morgan fingerprint density at radius 1 is 1.35 bits per heavy atom. The van der Waals surface area contributed by atoms with Gasteiger partial charge in [-0.05, 0) is 39.1 Å². The van der Waals surface area contributed by atoms with Crippen LogP contribution in [0.4, 0.5) is 0 Å². The molecule has 17 heavy (non-hydrogen) atoms. The van der Waals surface area contributed by atoms with Crippen molar-refractivity contribution in [1.29, 1.82) is 0 Å². The van der Waals surface area contributed by atoms with E-state index in [1.165, 1.54) is 32.1 Å². The summed E-state index contributed by atoms with van der Waals surface area (Å²) in [6, 6.07) is 0.783. The third-order valence-corrected chi connectivity index (χ3v) is 4.03. The first-order chi connectivity index (χ1) is 8.24. The molecular formula is C13H26N2OS. The van der Waals surface area contributed by atoms with Crippen LogP contribution < -0.4 is 5.32 Å². The maximum absolute atomic E-state index is 11.2. The fourth-order valence-electron chi connectivity index (χ4n) is 2.44. The van der Waals surface area contributed by atoms with Crippen molar-refractivity contribution in [1.82, 2.24) is 10.2 Å². The van der Waals surface area contributed by atoms with Crippen molar-refractivity contribution >= 4 is 17.7 Å². The molecule has 0 saturated heterocycles. The molecule has 0 bridgehead atoms. The first kappa shape index (κ1) is 14.8. The number of nitrogens with one attached hydrogen (secondary N) is 1. The lowest BCUT2D eigenvalue weighted by molar-refractivity contribution is -0.118. The molecule has 3 nitrogen and oxygen atoms in total. The molecule has 1 aliphatic carbocycles. The maximum atomic E-state index is 11.2. The number of carbonyl (C=O) groups excluding carboxylic acids is 1. The van der Waals surface area contributed by atoms with Crippen molar-refractivity contribution in [2.24, 2.45) is 0 Å². The molecule has 0 radical (unpaired) electrons. The van der Waals surface area contributed by atoms with Gasteiger partial charge in [0.25, 0.3) is 0 Å². The summed E-state index contributed by atoms with van der Waals surface area (Å²) in [5.41, 5.74) is 0. The van der Waals surface area contributed by atoms with Gasteiger partial charge in [-0.3, -0.25) is 4.79 Å². The van der Waals surface area contributed by atoms with Crippen molar-refractivity contribution in [3.63, 3.8) is 0 Å². The number of carbonyl (C=O) groups is 1. The molecule has 1 rings (SSSR count). The highest BCUT2D eigenvalue weighted by Crippen LogP contribution is 2.21. The minimum Gasteiger partial charge on any atom is -0.355 e. The second-order valence-electron chi connectivity index (χ2n) is 4.91. The Balaban J connectivity index is 2.03. The van der Waals surface area contributed by atoms with E-state index in [1.807, 2.05) is 6.26 Å². The van der Waals surface area contributed by atoms with Crippen molar-refractivity contribution in [3.05, 3.63) is 0 Å². The molecule has 0 heterocycles. The van der Waals surface area contributed by atoms with Crippen LogP contribution >= 0.6 is 11.8 Å². The molecule has 0 aromatic carbocycles. The summed E-state index contributed by atoms with van der Waals surface area (Å²) in [5, 5.41) is 2.96. The average Bonchev–Trinajstić information content (AvgIpc) is 2.36. The minimum absolute atomic E-state index is 0.165. The maximum Gasteiger partial charge on any atom is 0.229 e. The lowest BCUT2D eigenvalue weighted by Crippen LogP contribution is -2.36. The van der Waals surface area contributed by atoms with Gasteiger partial charge in [-0.2, -0.15) is 11.8 Å². The molecule has 0 aromatic rings. The summed E-state index contributed by atoms with van der Waals surface area (Å²) in [6.07, 6.45) is 9.92. The Bertz CT molecular complexity index is 217. The predicted octanol–water partition coefficient (Wildman–Crippen LogP) is 2.12. The second kappa shape index (κ2) is 8.81. The number of hydrogen-bond donors (Lipinski definition) is 1. The van der Waals surface area contributed by atoms with Gasteiger partial charge in [0.2, 0.25) is 5.91 Å². The minimum atomic E-state index is 0.165. The Morgan fingerprint density at radius 3 is 2.71 bits per heavy atom. The first-order valence-corrected chi connectivity index (χ1v) is 8.09. The number of thioether (sulfide) groups is 1. The highest BCUT2D eigenvalue weighted by atomic mass is 32.2. The van der Waals surface area contributed by atoms with Gasteiger partial charge in [0, 0.05) is 12.6 Å². The van der Waals surface area contributed by atoms with E-state index in [4.69, 9.17) is 0 Å². The van der Waals surface area contributed by atoms with E-state index in [-0.39, 0.29) is 5.91 Å². The number of rotatable bonds is 7. The van der Waals surface area contributed by atoms with Crippen LogP contribution in [0, 0.1) is 0 Å². The first-order valence-electron chi connectivity index (χ1n) is 6.70. The van der Waals surface area contributed by atoms with Crippen LogP contribution in [-0.4, -0.2) is 49.0 Å². The highest BCUT2D eigenvalue weighted by Gasteiger charge is 2.17. The predicted molar refractivity (Wildman–Crippen MR) is 75.5 cm³/mol. The van der Waals surface area contributed by atoms with Crippen LogP contribution in [0.3, 0.4) is 0 Å². The lowest BCUT2D eigenvalue weighted by atomic mass is 9.94. The van der Waals surface area contributed by atoms with Gasteiger partial charge in [-0.1, -0.05) is 19.3 Å². The van der Waals surface area contributed by atoms with Crippen molar-refractivity contribution in [2.45, 2.75) is 44.6 Å². The lowest BCUT2D eigenvalue weighted by Gasteiger charge is -2.31. The van der Waals surface area contributed by atoms with E-state index in [2.05, 4.69) is 17.3 Å². The van der Waals surface area contributed by atoms with Gasteiger partial charge >= 0.3 is 0 Å². The smallest absolute Gasteiger partial charge is 0.229 e. The van der Waals surface area contributed by atoms with E-state index >= 15 is 0 Å². The zero-order valence-electron chi connectivity index (χ0n) is 11.2. The Labute approximate surface area is 110 Å². The zero-order chi connectivity index (χ0) is 12.5. The fourth-order valence-corrected chi connectivity index (χ4v) is 2.81. The van der Waals surface area contributed by atoms with Crippen LogP contribution in [0.1, 0.15) is 38.5 Å². The van der Waals surface area contributed by atoms with E-state index in [0.717, 1.165) is 25.6 Å². The summed E-state index contributed by atoms with van der Waals surface area (Å²) in [7, 11) is 2.22. The topological polar surface area (TPSA) is 32.3 Å². The van der Waals surface area contributed by atoms with Gasteiger partial charge < -0.3 is 10.2 Å². The summed E-state index contributed by atoms with van der Waals surface area (Å²) < 4.78 is 0. The van der Waals surface area contributed by atoms with Crippen LogP contribution in [0.15, 0.2) is 0 Å². The van der Waals surface area contributed by atoms with E-state index < -0.39 is 0 Å². The summed E-state index contributed by atoms with van der Waals surface area (Å²) in [4.78, 5) is 13.7. The van der Waals surface area contributed by atoms with E-state index in [0.29, 0.717) is 5.75 Å². The summed E-state index contributed by atoms with van der Waals surface area (Å²) >= 11 is 1.57. The fraction of sp³-hybridized carbons (Fsp3) is 0.923. The third-order valence-electron chi connectivity index (χ3n) is 3.48. The van der Waals surface area contributed by atoms with Gasteiger partial charge in [0.05, 0.1) is 5.75 Å². The van der Waals surface area contributed by atoms with Crippen molar-refractivity contribution < 1.29 is 4.79 Å². The molecule has 1 amide bonds. The number of nitrogens with zero attached hydrogens (tertiary/aromatic N) is 1. The van der Waals surface area contributed by atoms with Crippen molar-refractivity contribution in [2.75, 3.05) is 32.1 Å². The summed E-state index contributed by atoms with van der Waals surface area (Å²) in [5.74, 6) is 0.746. The van der Waals surface area contributed by atoms with Gasteiger partial charge in [-0.25, -0.2) is 0 Å². The molecule has 1 N–H and O–H groups in total. The van der Waals surface area contributed by atoms with Crippen LogP contribution in [-0.2, 0) is 4.79 Å². The molecule has 1 fully saturated rings. The number of amides is 1. The normalized spacial score (nSPS) is 17.4.